The van der Waals surface area contributed by atoms with Gasteiger partial charge in [0.1, 0.15) is 0 Å². The molecule has 0 radical (unpaired) electrons. The van der Waals surface area contributed by atoms with Crippen LogP contribution < -0.4 is 0 Å². The highest BCUT2D eigenvalue weighted by atomic mass is 14.1. The Hall–Kier alpha value is 0. The molecule has 418 valence electrons. The second-order valence-electron chi connectivity index (χ2n) is 23.6. The molecule has 0 aromatic rings. The smallest absolute Gasteiger partial charge is 0.0533 e. The third-order valence-corrected chi connectivity index (χ3v) is 16.2. The van der Waals surface area contributed by atoms with Gasteiger partial charge in [0.05, 0.1) is 0 Å². The van der Waals surface area contributed by atoms with Gasteiger partial charge in [-0.05, 0) is 0 Å². The highest BCUT2D eigenvalue weighted by molar-refractivity contribution is 4.55. The van der Waals surface area contributed by atoms with E-state index in [1.165, 1.54) is 417 Å². The second-order valence-corrected chi connectivity index (χ2v) is 23.6. The van der Waals surface area contributed by atoms with Crippen LogP contribution in [0.15, 0.2) is 0 Å². The molecular formula is C69H142. The maximum Gasteiger partial charge on any atom is -0.0533 e. The minimum Gasteiger partial charge on any atom is -0.0654 e. The summed E-state index contributed by atoms with van der Waals surface area (Å²) in [5.74, 6) is 0. The first-order valence-corrected chi connectivity index (χ1v) is 34.3. The Morgan fingerprint density at radius 1 is 0.0725 bits per heavy atom. The van der Waals surface area contributed by atoms with E-state index in [-0.39, 0.29) is 0 Å². The van der Waals surface area contributed by atoms with Crippen LogP contribution in [0.4, 0.5) is 0 Å². The summed E-state index contributed by atoms with van der Waals surface area (Å²) in [6.45, 7) is 9.23. The monoisotopic (exact) mass is 971 g/mol. The van der Waals surface area contributed by atoms with E-state index < -0.39 is 0 Å². The van der Waals surface area contributed by atoms with Gasteiger partial charge in [-0.3, -0.25) is 0 Å². The largest absolute Gasteiger partial charge is 0.0654 e. The SMILES string of the molecule is CCCCCCCCCCCCCCCCCCCCCCCCCCCCCCCCCC.CCCCCCCCCCCCCCCCCCCCCCCCCCCCCCCCCCC. The molecule has 0 saturated heterocycles. The van der Waals surface area contributed by atoms with Gasteiger partial charge in [-0.15, -0.1) is 0 Å². The summed E-state index contributed by atoms with van der Waals surface area (Å²) in [4.78, 5) is 0. The van der Waals surface area contributed by atoms with E-state index >= 15 is 0 Å². The summed E-state index contributed by atoms with van der Waals surface area (Å²) < 4.78 is 0. The lowest BCUT2D eigenvalue weighted by atomic mass is 10.0. The third-order valence-electron chi connectivity index (χ3n) is 16.2. The summed E-state index contributed by atoms with van der Waals surface area (Å²) in [6.07, 6.45) is 96.3. The van der Waals surface area contributed by atoms with Gasteiger partial charge < -0.3 is 0 Å². The zero-order chi connectivity index (χ0) is 50.0. The minimum absolute atomic E-state index is 1.37. The highest BCUT2D eigenvalue weighted by Gasteiger charge is 2.00. The van der Waals surface area contributed by atoms with Gasteiger partial charge in [0, 0.05) is 0 Å². The maximum absolute atomic E-state index is 2.31. The molecule has 0 bridgehead atoms. The molecule has 0 heterocycles. The Kier molecular flexibility index (Phi) is 74.4. The Bertz CT molecular complexity index is 719. The van der Waals surface area contributed by atoms with Crippen molar-refractivity contribution in [3.05, 3.63) is 0 Å². The van der Waals surface area contributed by atoms with Crippen LogP contribution in [0.3, 0.4) is 0 Å². The van der Waals surface area contributed by atoms with Gasteiger partial charge in [-0.2, -0.15) is 0 Å². The number of rotatable bonds is 63. The summed E-state index contributed by atoms with van der Waals surface area (Å²) in [5.41, 5.74) is 0. The number of hydrogen-bond acceptors (Lipinski definition) is 0. The Balaban J connectivity index is 0. The summed E-state index contributed by atoms with van der Waals surface area (Å²) >= 11 is 0. The molecule has 0 unspecified atom stereocenters. The van der Waals surface area contributed by atoms with Crippen LogP contribution in [0.5, 0.6) is 0 Å². The van der Waals surface area contributed by atoms with Crippen molar-refractivity contribution in [2.75, 3.05) is 0 Å². The highest BCUT2D eigenvalue weighted by Crippen LogP contribution is 2.19. The molecular weight excluding hydrogens is 829 g/mol. The minimum atomic E-state index is 1.37. The lowest BCUT2D eigenvalue weighted by Gasteiger charge is -2.04. The number of hydrogen-bond donors (Lipinski definition) is 0. The fourth-order valence-electron chi connectivity index (χ4n) is 11.1. The fourth-order valence-corrected chi connectivity index (χ4v) is 11.1. The quantitative estimate of drug-likeness (QED) is 0.0533. The van der Waals surface area contributed by atoms with Crippen molar-refractivity contribution >= 4 is 0 Å². The topological polar surface area (TPSA) is 0 Å². The predicted octanol–water partition coefficient (Wildman–Crippen LogP) is 27.4. The molecule has 0 saturated carbocycles. The first-order chi connectivity index (χ1) is 34.3. The molecule has 0 heteroatoms. The van der Waals surface area contributed by atoms with Crippen LogP contribution in [0.2, 0.25) is 0 Å². The predicted molar refractivity (Wildman–Crippen MR) is 323 cm³/mol. The molecule has 0 aliphatic rings. The third kappa shape index (κ3) is 74.6. The average Bonchev–Trinajstić information content (AvgIpc) is 3.36. The van der Waals surface area contributed by atoms with Crippen molar-refractivity contribution in [1.82, 2.24) is 0 Å². The van der Waals surface area contributed by atoms with Crippen molar-refractivity contribution in [2.45, 2.75) is 445 Å². The van der Waals surface area contributed by atoms with Gasteiger partial charge in [0.25, 0.3) is 0 Å². The van der Waals surface area contributed by atoms with E-state index in [2.05, 4.69) is 27.7 Å². The van der Waals surface area contributed by atoms with Crippen molar-refractivity contribution in [1.29, 1.82) is 0 Å². The molecule has 0 amide bonds. The normalized spacial score (nSPS) is 11.5. The van der Waals surface area contributed by atoms with E-state index in [0.717, 1.165) is 0 Å². The molecule has 0 aliphatic heterocycles. The van der Waals surface area contributed by atoms with Gasteiger partial charge in [0.2, 0.25) is 0 Å². The summed E-state index contributed by atoms with van der Waals surface area (Å²) in [7, 11) is 0. The van der Waals surface area contributed by atoms with Crippen LogP contribution in [0.25, 0.3) is 0 Å². The Morgan fingerprint density at radius 3 is 0.159 bits per heavy atom. The molecule has 69 heavy (non-hydrogen) atoms. The Morgan fingerprint density at radius 2 is 0.116 bits per heavy atom. The molecule has 0 rings (SSSR count). The van der Waals surface area contributed by atoms with E-state index in [1.807, 2.05) is 0 Å². The zero-order valence-electron chi connectivity index (χ0n) is 50.0. The summed E-state index contributed by atoms with van der Waals surface area (Å²) in [6, 6.07) is 0. The van der Waals surface area contributed by atoms with Crippen molar-refractivity contribution in [3.8, 4) is 0 Å². The maximum atomic E-state index is 2.31. The van der Waals surface area contributed by atoms with Gasteiger partial charge in [-0.1, -0.05) is 445 Å². The molecule has 0 aliphatic carbocycles. The fraction of sp³-hybridized carbons (Fsp3) is 1.00. The van der Waals surface area contributed by atoms with E-state index in [1.54, 1.807) is 0 Å². The van der Waals surface area contributed by atoms with Crippen molar-refractivity contribution in [3.63, 3.8) is 0 Å². The van der Waals surface area contributed by atoms with Crippen molar-refractivity contribution in [2.24, 2.45) is 0 Å². The van der Waals surface area contributed by atoms with Crippen LogP contribution in [0.1, 0.15) is 445 Å². The first kappa shape index (κ1) is 71.1. The molecule has 0 fully saturated rings. The molecule has 0 N–H and O–H groups in total. The lowest BCUT2D eigenvalue weighted by molar-refractivity contribution is 0.512. The van der Waals surface area contributed by atoms with Crippen molar-refractivity contribution < 1.29 is 0 Å². The van der Waals surface area contributed by atoms with E-state index in [9.17, 15) is 0 Å². The van der Waals surface area contributed by atoms with E-state index in [0.29, 0.717) is 0 Å². The van der Waals surface area contributed by atoms with E-state index in [4.69, 9.17) is 0 Å². The summed E-state index contributed by atoms with van der Waals surface area (Å²) in [5, 5.41) is 0. The van der Waals surface area contributed by atoms with Crippen LogP contribution in [-0.4, -0.2) is 0 Å². The second kappa shape index (κ2) is 72.2. The van der Waals surface area contributed by atoms with Crippen LogP contribution in [0, 0.1) is 0 Å². The first-order valence-electron chi connectivity index (χ1n) is 34.3. The Labute approximate surface area is 443 Å². The standard InChI is InChI=1S/C35H72.C34H70/c1-3-5-7-9-11-13-15-17-19-21-23-25-27-29-31-33-35-34-32-30-28-26-24-22-20-18-16-14-12-10-8-6-4-2;1-3-5-7-9-11-13-15-17-19-21-23-25-27-29-31-33-34-32-30-28-26-24-22-20-18-16-14-12-10-8-6-4-2/h3-35H2,1-2H3;3-34H2,1-2H3. The molecule has 0 aromatic heterocycles. The van der Waals surface area contributed by atoms with Crippen LogP contribution in [-0.2, 0) is 0 Å². The average molecular weight is 972 g/mol. The van der Waals surface area contributed by atoms with Gasteiger partial charge >= 0.3 is 0 Å². The molecule has 0 nitrogen and oxygen atoms in total. The van der Waals surface area contributed by atoms with Gasteiger partial charge in [-0.25, -0.2) is 0 Å². The molecule has 0 spiro atoms. The van der Waals surface area contributed by atoms with Crippen LogP contribution >= 0.6 is 0 Å². The zero-order valence-corrected chi connectivity index (χ0v) is 50.0. The van der Waals surface area contributed by atoms with Gasteiger partial charge in [0.15, 0.2) is 0 Å². The molecule has 0 atom stereocenters. The molecule has 0 aromatic carbocycles. The lowest BCUT2D eigenvalue weighted by Crippen LogP contribution is -1.85. The number of unbranched alkanes of at least 4 members (excludes halogenated alkanes) is 63.